The molecule has 3 aromatic rings. The number of aryl methyl sites for hydroxylation is 1. The first-order chi connectivity index (χ1) is 7.86. The fraction of sp³-hybridized carbons (Fsp3) is 0.0714. The van der Waals surface area contributed by atoms with Crippen LogP contribution in [0.15, 0.2) is 59.0 Å². The predicted octanol–water partition coefficient (Wildman–Crippen LogP) is -0.0717. The summed E-state index contributed by atoms with van der Waals surface area (Å²) in [4.78, 5) is 0. The summed E-state index contributed by atoms with van der Waals surface area (Å²) in [7, 11) is 2.02. The summed E-state index contributed by atoms with van der Waals surface area (Å²) in [6.45, 7) is 0. The summed E-state index contributed by atoms with van der Waals surface area (Å²) in [5.41, 5.74) is 3.13. The third-order valence-corrected chi connectivity index (χ3v) is 2.76. The van der Waals surface area contributed by atoms with E-state index in [9.17, 15) is 0 Å². The summed E-state index contributed by atoms with van der Waals surface area (Å²) < 4.78 is 7.92. The van der Waals surface area contributed by atoms with Crippen molar-refractivity contribution >= 4 is 11.1 Å². The minimum absolute atomic E-state index is 0. The maximum atomic E-state index is 5.85. The Balaban J connectivity index is 0.00000108. The first-order valence-electron chi connectivity index (χ1n) is 5.29. The van der Waals surface area contributed by atoms with Crippen molar-refractivity contribution in [3.8, 4) is 11.5 Å². The number of oxazole rings is 1. The summed E-state index contributed by atoms with van der Waals surface area (Å²) >= 11 is 0. The lowest BCUT2D eigenvalue weighted by Gasteiger charge is -1.90. The second kappa shape index (κ2) is 4.87. The lowest BCUT2D eigenvalue weighted by Crippen LogP contribution is -3.00. The number of hydrogen-bond acceptors (Lipinski definition) is 1. The van der Waals surface area contributed by atoms with Crippen LogP contribution in [0.4, 0.5) is 0 Å². The van der Waals surface area contributed by atoms with Crippen molar-refractivity contribution in [2.75, 3.05) is 0 Å². The molecule has 0 saturated heterocycles. The largest absolute Gasteiger partial charge is 1.00 e. The molecule has 0 N–H and O–H groups in total. The summed E-state index contributed by atoms with van der Waals surface area (Å²) in [6, 6.07) is 18.2. The molecule has 0 atom stereocenters. The quantitative estimate of drug-likeness (QED) is 0.449. The second-order valence-corrected chi connectivity index (χ2v) is 3.80. The highest BCUT2D eigenvalue weighted by Crippen LogP contribution is 2.21. The van der Waals surface area contributed by atoms with Gasteiger partial charge in [0.25, 0.3) is 5.52 Å². The average Bonchev–Trinajstić information content (AvgIpc) is 2.69. The van der Waals surface area contributed by atoms with Crippen molar-refractivity contribution in [2.45, 2.75) is 0 Å². The Hall–Kier alpha value is -1.36. The molecule has 0 bridgehead atoms. The van der Waals surface area contributed by atoms with E-state index in [2.05, 4.69) is 22.8 Å². The van der Waals surface area contributed by atoms with Crippen LogP contribution in [-0.2, 0) is 7.05 Å². The van der Waals surface area contributed by atoms with E-state index in [1.165, 1.54) is 0 Å². The van der Waals surface area contributed by atoms with E-state index in [0.717, 1.165) is 22.6 Å². The Morgan fingerprint density at radius 1 is 0.882 bits per heavy atom. The highest BCUT2D eigenvalue weighted by atomic mass is 127. The van der Waals surface area contributed by atoms with Crippen LogP contribution in [0.25, 0.3) is 22.6 Å². The molecule has 3 rings (SSSR count). The van der Waals surface area contributed by atoms with E-state index in [1.54, 1.807) is 0 Å². The first kappa shape index (κ1) is 12.1. The fourth-order valence-corrected chi connectivity index (χ4v) is 1.94. The van der Waals surface area contributed by atoms with Crippen molar-refractivity contribution in [2.24, 2.45) is 7.05 Å². The predicted molar refractivity (Wildman–Crippen MR) is 62.8 cm³/mol. The molecule has 1 heterocycles. The molecule has 0 aliphatic carbocycles. The van der Waals surface area contributed by atoms with Gasteiger partial charge in [-0.3, -0.25) is 0 Å². The van der Waals surface area contributed by atoms with Gasteiger partial charge in [-0.15, -0.1) is 0 Å². The van der Waals surface area contributed by atoms with Gasteiger partial charge < -0.3 is 28.4 Å². The van der Waals surface area contributed by atoms with Gasteiger partial charge >= 0.3 is 5.89 Å². The van der Waals surface area contributed by atoms with Crippen molar-refractivity contribution < 1.29 is 33.0 Å². The molecule has 0 fully saturated rings. The zero-order valence-corrected chi connectivity index (χ0v) is 11.6. The van der Waals surface area contributed by atoms with Crippen molar-refractivity contribution in [3.05, 3.63) is 54.6 Å². The van der Waals surface area contributed by atoms with Gasteiger partial charge in [-0.25, -0.2) is 0 Å². The number of halogens is 1. The average molecular weight is 337 g/mol. The SMILES string of the molecule is C[n+]1c(-c2ccccc2)oc2ccccc21.[I-]. The number of hydrogen-bond donors (Lipinski definition) is 0. The van der Waals surface area contributed by atoms with Gasteiger partial charge in [-0.2, -0.15) is 4.57 Å². The van der Waals surface area contributed by atoms with Crippen LogP contribution in [0.2, 0.25) is 0 Å². The molecule has 3 heteroatoms. The molecule has 86 valence electrons. The third kappa shape index (κ3) is 2.07. The second-order valence-electron chi connectivity index (χ2n) is 3.80. The fourth-order valence-electron chi connectivity index (χ4n) is 1.94. The number of para-hydroxylation sites is 2. The van der Waals surface area contributed by atoms with Crippen LogP contribution < -0.4 is 28.5 Å². The smallest absolute Gasteiger partial charge is 0.381 e. The molecule has 0 amide bonds. The minimum atomic E-state index is 0. The van der Waals surface area contributed by atoms with E-state index >= 15 is 0 Å². The normalized spacial score (nSPS) is 10.2. The molecule has 2 aromatic carbocycles. The van der Waals surface area contributed by atoms with E-state index in [0.29, 0.717) is 0 Å². The van der Waals surface area contributed by atoms with Gasteiger partial charge in [0, 0.05) is 6.07 Å². The van der Waals surface area contributed by atoms with Gasteiger partial charge in [0.1, 0.15) is 7.05 Å². The van der Waals surface area contributed by atoms with E-state index in [-0.39, 0.29) is 24.0 Å². The van der Waals surface area contributed by atoms with Crippen molar-refractivity contribution in [3.63, 3.8) is 0 Å². The van der Waals surface area contributed by atoms with Crippen LogP contribution in [-0.4, -0.2) is 0 Å². The summed E-state index contributed by atoms with van der Waals surface area (Å²) in [5, 5.41) is 0. The van der Waals surface area contributed by atoms with Crippen LogP contribution in [0.3, 0.4) is 0 Å². The molecule has 0 unspecified atom stereocenters. The Morgan fingerprint density at radius 3 is 2.24 bits per heavy atom. The maximum absolute atomic E-state index is 5.85. The van der Waals surface area contributed by atoms with E-state index in [1.807, 2.05) is 43.4 Å². The first-order valence-corrected chi connectivity index (χ1v) is 5.29. The van der Waals surface area contributed by atoms with Gasteiger partial charge in [-0.05, 0) is 18.2 Å². The van der Waals surface area contributed by atoms with Gasteiger partial charge in [0.15, 0.2) is 0 Å². The monoisotopic (exact) mass is 337 g/mol. The number of rotatable bonds is 1. The molecule has 0 saturated carbocycles. The molecule has 0 aliphatic heterocycles. The lowest BCUT2D eigenvalue weighted by atomic mass is 10.2. The van der Waals surface area contributed by atoms with Crippen molar-refractivity contribution in [1.82, 2.24) is 0 Å². The molecule has 0 radical (unpaired) electrons. The van der Waals surface area contributed by atoms with Crippen LogP contribution in [0.1, 0.15) is 0 Å². The topological polar surface area (TPSA) is 17.0 Å². The number of fused-ring (bicyclic) bond motifs is 1. The number of benzene rings is 2. The van der Waals surface area contributed by atoms with Crippen LogP contribution in [0, 0.1) is 0 Å². The molecule has 17 heavy (non-hydrogen) atoms. The molecule has 1 aromatic heterocycles. The minimum Gasteiger partial charge on any atom is -1.00 e. The molecule has 0 aliphatic rings. The molecule has 0 spiro atoms. The van der Waals surface area contributed by atoms with Crippen molar-refractivity contribution in [1.29, 1.82) is 0 Å². The summed E-state index contributed by atoms with van der Waals surface area (Å²) in [5.74, 6) is 0.891. The Labute approximate surface area is 117 Å². The highest BCUT2D eigenvalue weighted by molar-refractivity contribution is 5.71. The van der Waals surface area contributed by atoms with Crippen LogP contribution >= 0.6 is 0 Å². The third-order valence-electron chi connectivity index (χ3n) is 2.76. The van der Waals surface area contributed by atoms with E-state index in [4.69, 9.17) is 4.42 Å². The van der Waals surface area contributed by atoms with E-state index < -0.39 is 0 Å². The Kier molecular flexibility index (Phi) is 3.47. The summed E-state index contributed by atoms with van der Waals surface area (Å²) in [6.07, 6.45) is 0. The van der Waals surface area contributed by atoms with Gasteiger partial charge in [0.2, 0.25) is 5.58 Å². The van der Waals surface area contributed by atoms with Gasteiger partial charge in [-0.1, -0.05) is 30.3 Å². The van der Waals surface area contributed by atoms with Crippen LogP contribution in [0.5, 0.6) is 0 Å². The number of nitrogens with zero attached hydrogens (tertiary/aromatic N) is 1. The molecule has 2 nitrogen and oxygen atoms in total. The Bertz CT molecular complexity index is 631. The Morgan fingerprint density at radius 2 is 1.53 bits per heavy atom. The standard InChI is InChI=1S/C14H12NO.HI/c1-15-12-9-5-6-10-13(12)16-14(15)11-7-3-2-4-8-11;/h2-10H,1H3;1H/q+1;/p-1. The highest BCUT2D eigenvalue weighted by Gasteiger charge is 2.19. The zero-order chi connectivity index (χ0) is 11.0. The molecular formula is C14H12INO. The molecular weight excluding hydrogens is 325 g/mol. The number of aromatic nitrogens is 1. The zero-order valence-electron chi connectivity index (χ0n) is 9.43. The maximum Gasteiger partial charge on any atom is 0.381 e. The van der Waals surface area contributed by atoms with Gasteiger partial charge in [0.05, 0.1) is 5.56 Å². The lowest BCUT2D eigenvalue weighted by molar-refractivity contribution is -0.637.